The van der Waals surface area contributed by atoms with Gasteiger partial charge in [0.05, 0.1) is 6.54 Å². The van der Waals surface area contributed by atoms with E-state index in [1.165, 1.54) is 0 Å². The van der Waals surface area contributed by atoms with Gasteiger partial charge in [0.25, 0.3) is 11.5 Å². The molecule has 0 aliphatic carbocycles. The zero-order valence-electron chi connectivity index (χ0n) is 14.9. The van der Waals surface area contributed by atoms with Gasteiger partial charge in [-0.15, -0.1) is 0 Å². The molecule has 0 aliphatic heterocycles. The van der Waals surface area contributed by atoms with Crippen LogP contribution in [0.3, 0.4) is 0 Å². The van der Waals surface area contributed by atoms with Crippen molar-refractivity contribution in [3.05, 3.63) is 94.7 Å². The molecule has 2 heterocycles. The lowest BCUT2D eigenvalue weighted by Crippen LogP contribution is -2.21. The molecule has 0 radical (unpaired) electrons. The van der Waals surface area contributed by atoms with Crippen LogP contribution in [-0.2, 0) is 6.54 Å². The maximum Gasteiger partial charge on any atom is 0.258 e. The quantitative estimate of drug-likeness (QED) is 0.588. The Morgan fingerprint density at radius 1 is 1.07 bits per heavy atom. The van der Waals surface area contributed by atoms with Gasteiger partial charge in [0, 0.05) is 36.6 Å². The SMILES string of the molecule is CNC(=O)c1cccc(Cn2ccc3cc(-c4cc[nH]c4)ccc3c2=O)c1. The Morgan fingerprint density at radius 2 is 1.96 bits per heavy atom. The van der Waals surface area contributed by atoms with Crippen LogP contribution in [0.25, 0.3) is 21.9 Å². The topological polar surface area (TPSA) is 66.9 Å². The molecule has 5 nitrogen and oxygen atoms in total. The number of hydrogen-bond donors (Lipinski definition) is 2. The first-order valence-corrected chi connectivity index (χ1v) is 8.73. The maximum atomic E-state index is 12.9. The molecule has 27 heavy (non-hydrogen) atoms. The summed E-state index contributed by atoms with van der Waals surface area (Å²) in [5.41, 5.74) is 3.60. The van der Waals surface area contributed by atoms with Crippen LogP contribution in [0.5, 0.6) is 0 Å². The molecule has 5 heteroatoms. The lowest BCUT2D eigenvalue weighted by atomic mass is 10.0. The van der Waals surface area contributed by atoms with Crippen molar-refractivity contribution in [2.75, 3.05) is 7.05 Å². The highest BCUT2D eigenvalue weighted by molar-refractivity contribution is 5.94. The number of amides is 1. The van der Waals surface area contributed by atoms with Crippen molar-refractivity contribution in [2.45, 2.75) is 6.54 Å². The summed E-state index contributed by atoms with van der Waals surface area (Å²) < 4.78 is 1.67. The molecule has 0 bridgehead atoms. The normalized spacial score (nSPS) is 10.9. The van der Waals surface area contributed by atoms with Crippen LogP contribution >= 0.6 is 0 Å². The van der Waals surface area contributed by atoms with Crippen molar-refractivity contribution >= 4 is 16.7 Å². The van der Waals surface area contributed by atoms with Gasteiger partial charge in [-0.2, -0.15) is 0 Å². The number of hydrogen-bond acceptors (Lipinski definition) is 2. The molecule has 0 spiro atoms. The largest absolute Gasteiger partial charge is 0.367 e. The fourth-order valence-electron chi connectivity index (χ4n) is 3.25. The van der Waals surface area contributed by atoms with E-state index in [0.717, 1.165) is 22.1 Å². The molecule has 4 rings (SSSR count). The van der Waals surface area contributed by atoms with Gasteiger partial charge in [-0.3, -0.25) is 9.59 Å². The van der Waals surface area contributed by atoms with E-state index >= 15 is 0 Å². The van der Waals surface area contributed by atoms with Gasteiger partial charge in [0.1, 0.15) is 0 Å². The maximum absolute atomic E-state index is 12.9. The molecule has 0 fully saturated rings. The first-order valence-electron chi connectivity index (χ1n) is 8.73. The Balaban J connectivity index is 1.69. The van der Waals surface area contributed by atoms with Gasteiger partial charge in [0.2, 0.25) is 0 Å². The summed E-state index contributed by atoms with van der Waals surface area (Å²) in [6, 6.07) is 17.1. The van der Waals surface area contributed by atoms with E-state index in [9.17, 15) is 9.59 Å². The van der Waals surface area contributed by atoms with E-state index in [2.05, 4.69) is 10.3 Å². The smallest absolute Gasteiger partial charge is 0.258 e. The van der Waals surface area contributed by atoms with Crippen molar-refractivity contribution < 1.29 is 4.79 Å². The molecule has 0 saturated heterocycles. The summed E-state index contributed by atoms with van der Waals surface area (Å²) in [7, 11) is 1.60. The minimum absolute atomic E-state index is 0.0431. The highest BCUT2D eigenvalue weighted by Gasteiger charge is 2.08. The Bertz CT molecular complexity index is 1170. The molecular formula is C22H19N3O2. The molecular weight excluding hydrogens is 338 g/mol. The number of aromatic nitrogens is 2. The fraction of sp³-hybridized carbons (Fsp3) is 0.0909. The molecule has 0 saturated carbocycles. The summed E-state index contributed by atoms with van der Waals surface area (Å²) in [6.07, 6.45) is 5.62. The Kier molecular flexibility index (Phi) is 4.34. The second-order valence-electron chi connectivity index (χ2n) is 6.43. The highest BCUT2D eigenvalue weighted by atomic mass is 16.1. The van der Waals surface area contributed by atoms with Crippen LogP contribution in [0, 0.1) is 0 Å². The summed E-state index contributed by atoms with van der Waals surface area (Å²) in [5, 5.41) is 4.21. The average molecular weight is 357 g/mol. The second kappa shape index (κ2) is 6.96. The van der Waals surface area contributed by atoms with E-state index < -0.39 is 0 Å². The van der Waals surface area contributed by atoms with Crippen LogP contribution in [0.2, 0.25) is 0 Å². The number of nitrogens with one attached hydrogen (secondary N) is 2. The Labute approximate surface area is 156 Å². The van der Waals surface area contributed by atoms with Crippen LogP contribution < -0.4 is 10.9 Å². The molecule has 0 aliphatic rings. The summed E-state index contributed by atoms with van der Waals surface area (Å²) >= 11 is 0. The third-order valence-electron chi connectivity index (χ3n) is 4.68. The molecule has 0 atom stereocenters. The average Bonchev–Trinajstić information content (AvgIpc) is 3.24. The zero-order valence-corrected chi connectivity index (χ0v) is 14.9. The number of fused-ring (bicyclic) bond motifs is 1. The number of aromatic amines is 1. The van der Waals surface area contributed by atoms with E-state index in [4.69, 9.17) is 0 Å². The van der Waals surface area contributed by atoms with E-state index in [1.54, 1.807) is 23.9 Å². The number of nitrogens with zero attached hydrogens (tertiary/aromatic N) is 1. The van der Waals surface area contributed by atoms with Gasteiger partial charge in [-0.05, 0) is 58.5 Å². The van der Waals surface area contributed by atoms with Crippen molar-refractivity contribution in [1.29, 1.82) is 0 Å². The van der Waals surface area contributed by atoms with Crippen LogP contribution in [0.15, 0.2) is 78.0 Å². The van der Waals surface area contributed by atoms with Crippen molar-refractivity contribution in [3.63, 3.8) is 0 Å². The van der Waals surface area contributed by atoms with Crippen molar-refractivity contribution in [3.8, 4) is 11.1 Å². The Morgan fingerprint density at radius 3 is 2.74 bits per heavy atom. The minimum Gasteiger partial charge on any atom is -0.367 e. The molecule has 2 aromatic carbocycles. The molecule has 2 N–H and O–H groups in total. The summed E-state index contributed by atoms with van der Waals surface area (Å²) in [5.74, 6) is -0.139. The Hall–Kier alpha value is -3.60. The van der Waals surface area contributed by atoms with Gasteiger partial charge in [-0.25, -0.2) is 0 Å². The summed E-state index contributed by atoms with van der Waals surface area (Å²) in [6.45, 7) is 0.416. The van der Waals surface area contributed by atoms with Gasteiger partial charge < -0.3 is 14.9 Å². The van der Waals surface area contributed by atoms with Gasteiger partial charge in [0.15, 0.2) is 0 Å². The molecule has 1 amide bonds. The monoisotopic (exact) mass is 357 g/mol. The molecule has 2 aromatic heterocycles. The van der Waals surface area contributed by atoms with Crippen molar-refractivity contribution in [1.82, 2.24) is 14.9 Å². The standard InChI is InChI=1S/C22H19N3O2/c1-23-21(26)18-4-2-3-15(11-18)14-25-10-8-17-12-16(19-7-9-24-13-19)5-6-20(17)22(25)27/h2-13,24H,14H2,1H3,(H,23,26). The lowest BCUT2D eigenvalue weighted by Gasteiger charge is -2.09. The number of carbonyl (C=O) groups is 1. The third kappa shape index (κ3) is 3.27. The first kappa shape index (κ1) is 16.8. The molecule has 0 unspecified atom stereocenters. The summed E-state index contributed by atoms with van der Waals surface area (Å²) in [4.78, 5) is 27.7. The van der Waals surface area contributed by atoms with E-state index in [-0.39, 0.29) is 11.5 Å². The number of carbonyl (C=O) groups excluding carboxylic acids is 1. The highest BCUT2D eigenvalue weighted by Crippen LogP contribution is 2.22. The van der Waals surface area contributed by atoms with E-state index in [0.29, 0.717) is 17.5 Å². The molecule has 4 aromatic rings. The van der Waals surface area contributed by atoms with Gasteiger partial charge in [-0.1, -0.05) is 18.2 Å². The number of pyridine rings is 1. The first-order chi connectivity index (χ1) is 13.2. The predicted octanol–water partition coefficient (Wildman–Crippen LogP) is 3.40. The number of benzene rings is 2. The van der Waals surface area contributed by atoms with Gasteiger partial charge >= 0.3 is 0 Å². The number of rotatable bonds is 4. The van der Waals surface area contributed by atoms with Crippen LogP contribution in [-0.4, -0.2) is 22.5 Å². The second-order valence-corrected chi connectivity index (χ2v) is 6.43. The van der Waals surface area contributed by atoms with Crippen LogP contribution in [0.4, 0.5) is 0 Å². The third-order valence-corrected chi connectivity index (χ3v) is 4.68. The minimum atomic E-state index is -0.139. The fourth-order valence-corrected chi connectivity index (χ4v) is 3.25. The lowest BCUT2D eigenvalue weighted by molar-refractivity contribution is 0.0963. The predicted molar refractivity (Wildman–Crippen MR) is 107 cm³/mol. The number of H-pyrrole nitrogens is 1. The van der Waals surface area contributed by atoms with E-state index in [1.807, 2.05) is 60.9 Å². The van der Waals surface area contributed by atoms with Crippen molar-refractivity contribution in [2.24, 2.45) is 0 Å². The zero-order chi connectivity index (χ0) is 18.8. The molecule has 134 valence electrons. The van der Waals surface area contributed by atoms with Crippen LogP contribution in [0.1, 0.15) is 15.9 Å².